The first kappa shape index (κ1) is 19.5. The van der Waals surface area contributed by atoms with Crippen molar-refractivity contribution in [2.45, 2.75) is 39.0 Å². The number of carbonyl (C=O) groups is 2. The summed E-state index contributed by atoms with van der Waals surface area (Å²) in [7, 11) is 0. The number of amides is 3. The number of aliphatic hydroxyl groups is 1. The molecular formula is C17H24ClN3O4. The molecule has 0 aliphatic carbocycles. The van der Waals surface area contributed by atoms with E-state index in [1.54, 1.807) is 12.1 Å². The summed E-state index contributed by atoms with van der Waals surface area (Å²) in [5.41, 5.74) is 0.746. The second kappa shape index (κ2) is 8.51. The van der Waals surface area contributed by atoms with Crippen molar-refractivity contribution < 1.29 is 19.4 Å². The largest absolute Gasteiger partial charge is 0.388 e. The summed E-state index contributed by atoms with van der Waals surface area (Å²) in [4.78, 5) is 26.2. The van der Waals surface area contributed by atoms with Crippen molar-refractivity contribution in [3.8, 4) is 0 Å². The van der Waals surface area contributed by atoms with Crippen LogP contribution in [-0.2, 0) is 4.74 Å². The lowest BCUT2D eigenvalue weighted by molar-refractivity contribution is 0.0943. The number of nitrogens with one attached hydrogen (secondary N) is 2. The van der Waals surface area contributed by atoms with Crippen LogP contribution in [0.15, 0.2) is 18.2 Å². The molecule has 8 heteroatoms. The van der Waals surface area contributed by atoms with Crippen LogP contribution in [0.3, 0.4) is 0 Å². The van der Waals surface area contributed by atoms with E-state index in [0.717, 1.165) is 0 Å². The third-order valence-electron chi connectivity index (χ3n) is 3.91. The smallest absolute Gasteiger partial charge is 0.322 e. The van der Waals surface area contributed by atoms with E-state index in [4.69, 9.17) is 16.3 Å². The van der Waals surface area contributed by atoms with Gasteiger partial charge in [0, 0.05) is 18.3 Å². The highest BCUT2D eigenvalue weighted by atomic mass is 35.5. The average Bonchev–Trinajstić information content (AvgIpc) is 2.95. The number of aliphatic hydroxyl groups excluding tert-OH is 1. The van der Waals surface area contributed by atoms with E-state index < -0.39 is 6.10 Å². The number of carbonyl (C=O) groups excluding carboxylic acids is 2. The lowest BCUT2D eigenvalue weighted by atomic mass is 10.1. The van der Waals surface area contributed by atoms with Gasteiger partial charge in [0.05, 0.1) is 35.9 Å². The third kappa shape index (κ3) is 4.84. The number of halogens is 1. The van der Waals surface area contributed by atoms with Gasteiger partial charge in [-0.05, 0) is 39.0 Å². The molecule has 25 heavy (non-hydrogen) atoms. The minimum atomic E-state index is -0.705. The number of nitrogens with zero attached hydrogens (tertiary/aromatic N) is 1. The number of ether oxygens (including phenoxy) is 1. The summed E-state index contributed by atoms with van der Waals surface area (Å²) in [6.45, 7) is 6.47. The average molecular weight is 370 g/mol. The Balaban J connectivity index is 2.13. The topological polar surface area (TPSA) is 90.9 Å². The van der Waals surface area contributed by atoms with Gasteiger partial charge in [-0.15, -0.1) is 0 Å². The molecule has 1 aliphatic heterocycles. The highest BCUT2D eigenvalue weighted by Gasteiger charge is 2.33. The number of hydrogen-bond donors (Lipinski definition) is 3. The second-order valence-electron chi connectivity index (χ2n) is 6.21. The molecule has 1 aromatic rings. The lowest BCUT2D eigenvalue weighted by Crippen LogP contribution is -2.48. The van der Waals surface area contributed by atoms with E-state index in [1.807, 2.05) is 20.8 Å². The van der Waals surface area contributed by atoms with Gasteiger partial charge in [-0.25, -0.2) is 4.79 Å². The molecule has 0 aromatic heterocycles. The Morgan fingerprint density at radius 1 is 1.40 bits per heavy atom. The molecule has 3 amide bonds. The number of rotatable bonds is 5. The Labute approximate surface area is 152 Å². The Kier molecular flexibility index (Phi) is 6.64. The van der Waals surface area contributed by atoms with Crippen LogP contribution in [-0.4, -0.2) is 59.9 Å². The maximum atomic E-state index is 12.5. The first-order valence-electron chi connectivity index (χ1n) is 8.27. The van der Waals surface area contributed by atoms with Gasteiger partial charge < -0.3 is 25.4 Å². The van der Waals surface area contributed by atoms with Crippen molar-refractivity contribution in [1.29, 1.82) is 0 Å². The van der Waals surface area contributed by atoms with E-state index in [2.05, 4.69) is 10.6 Å². The fraction of sp³-hybridized carbons (Fsp3) is 0.529. The van der Waals surface area contributed by atoms with E-state index in [9.17, 15) is 14.7 Å². The first-order chi connectivity index (χ1) is 11.8. The zero-order valence-corrected chi connectivity index (χ0v) is 15.3. The van der Waals surface area contributed by atoms with Crippen molar-refractivity contribution in [2.24, 2.45) is 0 Å². The molecule has 1 aliphatic rings. The zero-order valence-electron chi connectivity index (χ0n) is 14.6. The van der Waals surface area contributed by atoms with Crippen molar-refractivity contribution in [3.63, 3.8) is 0 Å². The van der Waals surface area contributed by atoms with Crippen LogP contribution in [0.5, 0.6) is 0 Å². The van der Waals surface area contributed by atoms with E-state index in [0.29, 0.717) is 29.4 Å². The minimum Gasteiger partial charge on any atom is -0.388 e. The maximum Gasteiger partial charge on any atom is 0.322 e. The highest BCUT2D eigenvalue weighted by molar-refractivity contribution is 6.34. The molecule has 0 radical (unpaired) electrons. The normalized spacial score (nSPS) is 19.8. The highest BCUT2D eigenvalue weighted by Crippen LogP contribution is 2.22. The summed E-state index contributed by atoms with van der Waals surface area (Å²) in [6, 6.07) is 3.95. The van der Waals surface area contributed by atoms with E-state index in [1.165, 1.54) is 11.0 Å². The lowest BCUT2D eigenvalue weighted by Gasteiger charge is -2.29. The van der Waals surface area contributed by atoms with Crippen LogP contribution in [0.2, 0.25) is 5.02 Å². The number of likely N-dealkylation sites (N-methyl/N-ethyl adjacent to an activating group) is 1. The van der Waals surface area contributed by atoms with Gasteiger partial charge in [0.25, 0.3) is 5.91 Å². The fourth-order valence-electron chi connectivity index (χ4n) is 2.67. The predicted molar refractivity (Wildman–Crippen MR) is 96.1 cm³/mol. The van der Waals surface area contributed by atoms with Crippen LogP contribution >= 0.6 is 11.6 Å². The number of urea groups is 1. The van der Waals surface area contributed by atoms with Gasteiger partial charge in [0.1, 0.15) is 0 Å². The van der Waals surface area contributed by atoms with Crippen LogP contribution in [0.4, 0.5) is 10.5 Å². The molecule has 0 bridgehead atoms. The van der Waals surface area contributed by atoms with Crippen molar-refractivity contribution >= 4 is 29.2 Å². The Hall–Kier alpha value is -1.83. The van der Waals surface area contributed by atoms with Gasteiger partial charge in [0.15, 0.2) is 0 Å². The summed E-state index contributed by atoms with van der Waals surface area (Å²) in [6.07, 6.45) is -0.705. The molecule has 2 atom stereocenters. The van der Waals surface area contributed by atoms with Gasteiger partial charge in [-0.1, -0.05) is 11.6 Å². The van der Waals surface area contributed by atoms with E-state index in [-0.39, 0.29) is 30.6 Å². The monoisotopic (exact) mass is 369 g/mol. The van der Waals surface area contributed by atoms with Crippen molar-refractivity contribution in [3.05, 3.63) is 28.8 Å². The number of benzene rings is 1. The molecule has 1 saturated heterocycles. The molecule has 1 fully saturated rings. The quantitative estimate of drug-likeness (QED) is 0.741. The zero-order chi connectivity index (χ0) is 18.6. The molecule has 1 heterocycles. The summed E-state index contributed by atoms with van der Waals surface area (Å²) >= 11 is 6.09. The second-order valence-corrected chi connectivity index (χ2v) is 6.62. The van der Waals surface area contributed by atoms with Gasteiger partial charge in [0.2, 0.25) is 0 Å². The van der Waals surface area contributed by atoms with Crippen LogP contribution in [0.25, 0.3) is 0 Å². The molecule has 138 valence electrons. The summed E-state index contributed by atoms with van der Waals surface area (Å²) < 4.78 is 5.21. The van der Waals surface area contributed by atoms with Crippen LogP contribution in [0, 0.1) is 0 Å². The molecule has 0 spiro atoms. The van der Waals surface area contributed by atoms with E-state index >= 15 is 0 Å². The van der Waals surface area contributed by atoms with Crippen molar-refractivity contribution in [1.82, 2.24) is 10.2 Å². The Morgan fingerprint density at radius 2 is 2.12 bits per heavy atom. The summed E-state index contributed by atoms with van der Waals surface area (Å²) in [5.74, 6) is -0.303. The molecule has 2 rings (SSSR count). The molecule has 1 aromatic carbocycles. The predicted octanol–water partition coefficient (Wildman–Crippen LogP) is 2.09. The van der Waals surface area contributed by atoms with Crippen LogP contribution < -0.4 is 10.6 Å². The summed E-state index contributed by atoms with van der Waals surface area (Å²) in [5, 5.41) is 15.8. The first-order valence-corrected chi connectivity index (χ1v) is 8.65. The van der Waals surface area contributed by atoms with Gasteiger partial charge in [-0.3, -0.25) is 4.79 Å². The molecule has 3 N–H and O–H groups in total. The number of anilines is 1. The molecule has 0 saturated carbocycles. The molecule has 7 nitrogen and oxygen atoms in total. The minimum absolute atomic E-state index is 0.0266. The molecule has 0 unspecified atom stereocenters. The Bertz CT molecular complexity index is 638. The van der Waals surface area contributed by atoms with Crippen LogP contribution in [0.1, 0.15) is 31.1 Å². The third-order valence-corrected chi connectivity index (χ3v) is 4.23. The van der Waals surface area contributed by atoms with Crippen molar-refractivity contribution in [2.75, 3.05) is 25.1 Å². The SMILES string of the molecule is CCN(C(=O)Nc1ccc(Cl)c(C(=O)NC(C)C)c1)[C@H]1COC[C@@H]1O. The Morgan fingerprint density at radius 3 is 2.68 bits per heavy atom. The maximum absolute atomic E-state index is 12.5. The fourth-order valence-corrected chi connectivity index (χ4v) is 2.87. The standard InChI is InChI=1S/C17H24ClN3O4/c1-4-21(14-8-25-9-15(14)22)17(24)20-11-5-6-13(18)12(7-11)16(23)19-10(2)3/h5-7,10,14-15,22H,4,8-9H2,1-3H3,(H,19,23)(H,20,24)/t14-,15-/m0/s1. The van der Waals surface area contributed by atoms with Gasteiger partial charge in [-0.2, -0.15) is 0 Å². The molecular weight excluding hydrogens is 346 g/mol. The van der Waals surface area contributed by atoms with Gasteiger partial charge >= 0.3 is 6.03 Å². The number of hydrogen-bond acceptors (Lipinski definition) is 4.